The van der Waals surface area contributed by atoms with Crippen molar-refractivity contribution >= 4 is 27.5 Å². The van der Waals surface area contributed by atoms with Crippen LogP contribution in [0.25, 0.3) is 0 Å². The molecular weight excluding hydrogens is 341 g/mol. The number of rotatable bonds is 3. The highest BCUT2D eigenvalue weighted by Gasteiger charge is 2.20. The number of hydrogen-bond acceptors (Lipinski definition) is 1. The maximum atomic E-state index is 14.4. The van der Waals surface area contributed by atoms with E-state index in [9.17, 15) is 4.39 Å². The summed E-state index contributed by atoms with van der Waals surface area (Å²) in [6, 6.07) is 9.49. The van der Waals surface area contributed by atoms with Crippen LogP contribution < -0.4 is 5.32 Å². The Labute approximate surface area is 132 Å². The van der Waals surface area contributed by atoms with Gasteiger partial charge in [0.2, 0.25) is 0 Å². The minimum Gasteiger partial charge on any atom is -0.309 e. The molecule has 106 valence electrons. The molecule has 0 aliphatic carbocycles. The van der Waals surface area contributed by atoms with Crippen molar-refractivity contribution in [3.05, 3.63) is 67.9 Å². The summed E-state index contributed by atoms with van der Waals surface area (Å²) < 4.78 is 15.0. The number of aryl methyl sites for hydroxylation is 2. The first kappa shape index (κ1) is 15.5. The van der Waals surface area contributed by atoms with Gasteiger partial charge in [0.1, 0.15) is 5.82 Å². The molecule has 0 radical (unpaired) electrons. The molecule has 1 N–H and O–H groups in total. The molecule has 0 saturated heterocycles. The third-order valence-corrected chi connectivity index (χ3v) is 4.67. The van der Waals surface area contributed by atoms with Crippen molar-refractivity contribution in [1.82, 2.24) is 5.32 Å². The molecule has 0 heterocycles. The topological polar surface area (TPSA) is 12.0 Å². The first-order valence-electron chi connectivity index (χ1n) is 6.33. The van der Waals surface area contributed by atoms with Crippen molar-refractivity contribution in [2.45, 2.75) is 19.9 Å². The standard InChI is InChI=1S/C16H16BrClFN/c1-9-4-5-10(2)12(8-9)16(20-3)11-6-7-13(17)14(18)15(11)19/h4-8,16,20H,1-3H3. The Morgan fingerprint density at radius 3 is 2.50 bits per heavy atom. The van der Waals surface area contributed by atoms with Gasteiger partial charge in [-0.15, -0.1) is 0 Å². The Hall–Kier alpha value is -0.900. The molecule has 20 heavy (non-hydrogen) atoms. The van der Waals surface area contributed by atoms with Crippen LogP contribution in [0.3, 0.4) is 0 Å². The first-order valence-corrected chi connectivity index (χ1v) is 7.50. The van der Waals surface area contributed by atoms with Crippen LogP contribution in [0.15, 0.2) is 34.8 Å². The molecule has 0 amide bonds. The number of halogens is 3. The molecule has 0 spiro atoms. The fourth-order valence-corrected chi connectivity index (χ4v) is 2.79. The molecule has 1 nitrogen and oxygen atoms in total. The molecule has 0 saturated carbocycles. The molecule has 0 fully saturated rings. The van der Waals surface area contributed by atoms with E-state index >= 15 is 0 Å². The molecule has 0 aliphatic rings. The van der Waals surface area contributed by atoms with Crippen LogP contribution in [-0.4, -0.2) is 7.05 Å². The van der Waals surface area contributed by atoms with Crippen molar-refractivity contribution in [2.75, 3.05) is 7.05 Å². The lowest BCUT2D eigenvalue weighted by Crippen LogP contribution is -2.20. The lowest BCUT2D eigenvalue weighted by Gasteiger charge is -2.21. The molecule has 0 bridgehead atoms. The summed E-state index contributed by atoms with van der Waals surface area (Å²) in [6.45, 7) is 4.05. The monoisotopic (exact) mass is 355 g/mol. The number of hydrogen-bond donors (Lipinski definition) is 1. The van der Waals surface area contributed by atoms with Crippen molar-refractivity contribution in [2.24, 2.45) is 0 Å². The van der Waals surface area contributed by atoms with Gasteiger partial charge in [0, 0.05) is 10.0 Å². The second kappa shape index (κ2) is 6.25. The van der Waals surface area contributed by atoms with Crippen LogP contribution in [0.4, 0.5) is 4.39 Å². The van der Waals surface area contributed by atoms with E-state index < -0.39 is 0 Å². The van der Waals surface area contributed by atoms with Crippen LogP contribution in [0.2, 0.25) is 5.02 Å². The lowest BCUT2D eigenvalue weighted by molar-refractivity contribution is 0.574. The summed E-state index contributed by atoms with van der Waals surface area (Å²) in [5.41, 5.74) is 3.88. The van der Waals surface area contributed by atoms with Crippen LogP contribution >= 0.6 is 27.5 Å². The van der Waals surface area contributed by atoms with Crippen LogP contribution in [-0.2, 0) is 0 Å². The molecule has 1 unspecified atom stereocenters. The fourth-order valence-electron chi connectivity index (χ4n) is 2.31. The fraction of sp³-hybridized carbons (Fsp3) is 0.250. The second-order valence-corrected chi connectivity index (χ2v) is 6.08. The van der Waals surface area contributed by atoms with Gasteiger partial charge in [-0.05, 0) is 54.0 Å². The van der Waals surface area contributed by atoms with Gasteiger partial charge in [0.25, 0.3) is 0 Å². The molecule has 4 heteroatoms. The zero-order chi connectivity index (χ0) is 14.9. The zero-order valence-corrected chi connectivity index (χ0v) is 13.9. The Bertz CT molecular complexity index is 643. The van der Waals surface area contributed by atoms with Gasteiger partial charge in [0.05, 0.1) is 11.1 Å². The Morgan fingerprint density at radius 2 is 1.85 bits per heavy atom. The SMILES string of the molecule is CNC(c1cc(C)ccc1C)c1ccc(Br)c(Cl)c1F. The molecule has 0 aromatic heterocycles. The van der Waals surface area contributed by atoms with Crippen molar-refractivity contribution in [1.29, 1.82) is 0 Å². The normalized spacial score (nSPS) is 12.5. The average Bonchev–Trinajstić information content (AvgIpc) is 2.43. The van der Waals surface area contributed by atoms with Crippen molar-refractivity contribution in [3.63, 3.8) is 0 Å². The van der Waals surface area contributed by atoms with Gasteiger partial charge in [0.15, 0.2) is 0 Å². The molecular formula is C16H16BrClFN. The van der Waals surface area contributed by atoms with Crippen LogP contribution in [0, 0.1) is 19.7 Å². The van der Waals surface area contributed by atoms with E-state index in [0.29, 0.717) is 10.0 Å². The Morgan fingerprint density at radius 1 is 1.15 bits per heavy atom. The van der Waals surface area contributed by atoms with Gasteiger partial charge >= 0.3 is 0 Å². The summed E-state index contributed by atoms with van der Waals surface area (Å²) >= 11 is 9.23. The van der Waals surface area contributed by atoms with E-state index in [1.54, 1.807) is 12.1 Å². The minimum atomic E-state index is -0.388. The van der Waals surface area contributed by atoms with E-state index in [2.05, 4.69) is 33.4 Å². The van der Waals surface area contributed by atoms with Gasteiger partial charge in [-0.3, -0.25) is 0 Å². The molecule has 1 atom stereocenters. The Kier molecular flexibility index (Phi) is 4.84. The smallest absolute Gasteiger partial charge is 0.148 e. The minimum absolute atomic E-state index is 0.119. The molecule has 2 aromatic rings. The maximum Gasteiger partial charge on any atom is 0.148 e. The summed E-state index contributed by atoms with van der Waals surface area (Å²) in [6.07, 6.45) is 0. The summed E-state index contributed by atoms with van der Waals surface area (Å²) in [4.78, 5) is 0. The highest BCUT2D eigenvalue weighted by atomic mass is 79.9. The van der Waals surface area contributed by atoms with E-state index in [4.69, 9.17) is 11.6 Å². The maximum absolute atomic E-state index is 14.4. The van der Waals surface area contributed by atoms with Gasteiger partial charge in [-0.1, -0.05) is 41.4 Å². The first-order chi connectivity index (χ1) is 9.45. The van der Waals surface area contributed by atoms with E-state index in [1.807, 2.05) is 27.0 Å². The largest absolute Gasteiger partial charge is 0.309 e. The highest BCUT2D eigenvalue weighted by Crippen LogP contribution is 2.33. The van der Waals surface area contributed by atoms with E-state index in [-0.39, 0.29) is 16.9 Å². The van der Waals surface area contributed by atoms with Crippen molar-refractivity contribution in [3.8, 4) is 0 Å². The van der Waals surface area contributed by atoms with Gasteiger partial charge < -0.3 is 5.32 Å². The molecule has 2 aromatic carbocycles. The number of benzene rings is 2. The summed E-state index contributed by atoms with van der Waals surface area (Å²) in [5.74, 6) is -0.388. The van der Waals surface area contributed by atoms with Gasteiger partial charge in [-0.2, -0.15) is 0 Å². The molecule has 0 aliphatic heterocycles. The summed E-state index contributed by atoms with van der Waals surface area (Å²) in [7, 11) is 1.82. The average molecular weight is 357 g/mol. The quantitative estimate of drug-likeness (QED) is 0.748. The highest BCUT2D eigenvalue weighted by molar-refractivity contribution is 9.10. The predicted octanol–water partition coefficient (Wildman–Crippen LogP) is 5.17. The second-order valence-electron chi connectivity index (χ2n) is 4.85. The third kappa shape index (κ3) is 2.90. The van der Waals surface area contributed by atoms with Crippen LogP contribution in [0.5, 0.6) is 0 Å². The van der Waals surface area contributed by atoms with Crippen LogP contribution in [0.1, 0.15) is 28.3 Å². The van der Waals surface area contributed by atoms with E-state index in [1.165, 1.54) is 0 Å². The third-order valence-electron chi connectivity index (χ3n) is 3.41. The molecule has 2 rings (SSSR count). The van der Waals surface area contributed by atoms with Gasteiger partial charge in [-0.25, -0.2) is 4.39 Å². The number of nitrogens with one attached hydrogen (secondary N) is 1. The predicted molar refractivity (Wildman–Crippen MR) is 85.9 cm³/mol. The summed E-state index contributed by atoms with van der Waals surface area (Å²) in [5, 5.41) is 3.29. The van der Waals surface area contributed by atoms with Crippen molar-refractivity contribution < 1.29 is 4.39 Å². The zero-order valence-electron chi connectivity index (χ0n) is 11.6. The Balaban J connectivity index is 2.58. The lowest BCUT2D eigenvalue weighted by atomic mass is 9.93. The van der Waals surface area contributed by atoms with E-state index in [0.717, 1.165) is 16.7 Å².